The van der Waals surface area contributed by atoms with Crippen molar-refractivity contribution in [2.45, 2.75) is 104 Å². The number of cyclic esters (lactones) is 1. The Kier molecular flexibility index (Phi) is 16.6. The molecule has 4 aliphatic rings. The first kappa shape index (κ1) is 54.1. The lowest BCUT2D eigenvalue weighted by Crippen LogP contribution is -2.66. The average Bonchev–Trinajstić information content (AvgIpc) is 4.00. The van der Waals surface area contributed by atoms with E-state index >= 15 is 0 Å². The van der Waals surface area contributed by atoms with Gasteiger partial charge in [-0.25, -0.2) is 10.2 Å². The minimum absolute atomic E-state index is 0.0132. The van der Waals surface area contributed by atoms with Gasteiger partial charge in [-0.3, -0.25) is 38.6 Å². The highest BCUT2D eigenvalue weighted by atomic mass is 16.5. The van der Waals surface area contributed by atoms with Gasteiger partial charge in [0.25, 0.3) is 17.7 Å². The van der Waals surface area contributed by atoms with Crippen molar-refractivity contribution < 1.29 is 47.8 Å². The number of carbonyl (C=O) groups is 5. The van der Waals surface area contributed by atoms with Gasteiger partial charge in [-0.15, -0.1) is 0 Å². The molecule has 17 heteroatoms. The lowest BCUT2D eigenvalue weighted by Gasteiger charge is -2.39. The maximum absolute atomic E-state index is 14.9. The summed E-state index contributed by atoms with van der Waals surface area (Å²) < 4.78 is 19.4. The quantitative estimate of drug-likeness (QED) is 0.107. The van der Waals surface area contributed by atoms with Crippen LogP contribution in [0.25, 0.3) is 33.3 Å². The molecular weight excluding hydrogens is 941 g/mol. The summed E-state index contributed by atoms with van der Waals surface area (Å²) in [4.78, 5) is 80.2. The Bertz CT molecular complexity index is 2820. The highest BCUT2D eigenvalue weighted by molar-refractivity contribution is 5.96. The summed E-state index contributed by atoms with van der Waals surface area (Å²) in [5.74, 6) is 2.87. The summed E-state index contributed by atoms with van der Waals surface area (Å²) in [5, 5.41) is 16.9. The highest BCUT2D eigenvalue weighted by Gasteiger charge is 2.49. The second-order valence-electron chi connectivity index (χ2n) is 22.0. The third-order valence-corrected chi connectivity index (χ3v) is 15.3. The van der Waals surface area contributed by atoms with E-state index in [9.17, 15) is 29.1 Å². The van der Waals surface area contributed by atoms with E-state index < -0.39 is 47.2 Å². The minimum Gasteiger partial charge on any atom is -0.508 e. The molecule has 1 unspecified atom stereocenters. The van der Waals surface area contributed by atoms with E-state index in [2.05, 4.69) is 71.0 Å². The number of morpholine rings is 1. The molecule has 6 heterocycles. The number of quaternary nitrogens is 1. The van der Waals surface area contributed by atoms with E-state index in [1.54, 1.807) is 44.4 Å². The van der Waals surface area contributed by atoms with Gasteiger partial charge >= 0.3 is 11.9 Å². The first-order chi connectivity index (χ1) is 35.3. The molecule has 0 aliphatic carbocycles. The molecule has 3 fully saturated rings. The number of aromatic nitrogens is 2. The normalized spacial score (nSPS) is 21.6. The van der Waals surface area contributed by atoms with Gasteiger partial charge in [-0.1, -0.05) is 45.7 Å². The summed E-state index contributed by atoms with van der Waals surface area (Å²) in [5.41, 5.74) is 9.54. The number of phenols is 1. The van der Waals surface area contributed by atoms with Gasteiger partial charge in [0.15, 0.2) is 6.04 Å². The van der Waals surface area contributed by atoms with Gasteiger partial charge < -0.3 is 34.1 Å². The standard InChI is InChI=1S/C57H74N8O9/c1-10-63-48-18-17-39-32-44(48)45(51(63)43-14-11-20-58-50(43)37(4)72-9)33-57(5,6)35-74-56(71)46-15-12-22-64(60-46)54(69)47(30-38-28-41(39)31-42(66)29-38)59-53(68)52(36(2)3)65(7,8)55(70)40-19-23-62(34-40)49(67)16-13-21-61-24-26-73-27-25-61/h11,14,17-18,20,28-29,31-32,36-37,40,46-47,52,60H,10,12,15,19,21-27,30,33-35H2,1-9H3,(H-,59,66,68)/p+1/t37-,40-,46-,47?,52-/m0/s1. The second-order valence-corrected chi connectivity index (χ2v) is 22.0. The Balaban J connectivity index is 1.13. The Morgan fingerprint density at radius 3 is 2.51 bits per heavy atom. The van der Waals surface area contributed by atoms with Gasteiger partial charge in [0, 0.05) is 86.8 Å². The molecule has 4 amide bonds. The van der Waals surface area contributed by atoms with E-state index in [1.165, 1.54) is 5.01 Å². The number of hydrogen-bond donors (Lipinski definition) is 3. The van der Waals surface area contributed by atoms with Gasteiger partial charge in [0.1, 0.15) is 17.8 Å². The molecule has 6 bridgehead atoms. The van der Waals surface area contributed by atoms with Crippen LogP contribution in [0, 0.1) is 29.1 Å². The van der Waals surface area contributed by atoms with Crippen LogP contribution in [0.2, 0.25) is 0 Å². The first-order valence-corrected chi connectivity index (χ1v) is 26.3. The predicted molar refractivity (Wildman–Crippen MR) is 281 cm³/mol. The number of ether oxygens (including phenoxy) is 3. The molecule has 4 aliphatic heterocycles. The lowest BCUT2D eigenvalue weighted by molar-refractivity contribution is -0.836. The summed E-state index contributed by atoms with van der Waals surface area (Å²) in [7, 11) is 5.10. The zero-order chi connectivity index (χ0) is 53.1. The number of benzene rings is 2. The fourth-order valence-corrected chi connectivity index (χ4v) is 11.5. The summed E-state index contributed by atoms with van der Waals surface area (Å²) in [6, 6.07) is 12.6. The molecule has 2 aromatic heterocycles. The fourth-order valence-electron chi connectivity index (χ4n) is 11.5. The van der Waals surface area contributed by atoms with Crippen LogP contribution in [0.1, 0.15) is 83.7 Å². The largest absolute Gasteiger partial charge is 0.508 e. The number of aromatic hydroxyl groups is 1. The number of hydrogen-bond acceptors (Lipinski definition) is 12. The van der Waals surface area contributed by atoms with Crippen molar-refractivity contribution >= 4 is 40.5 Å². The van der Waals surface area contributed by atoms with Crippen LogP contribution in [0.3, 0.4) is 0 Å². The molecule has 3 N–H and O–H groups in total. The van der Waals surface area contributed by atoms with E-state index in [-0.39, 0.29) is 60.2 Å². The maximum atomic E-state index is 14.9. The molecule has 0 spiro atoms. The summed E-state index contributed by atoms with van der Waals surface area (Å²) >= 11 is 0. The van der Waals surface area contributed by atoms with Gasteiger partial charge in [-0.05, 0) is 104 Å². The van der Waals surface area contributed by atoms with Crippen molar-refractivity contribution in [3.8, 4) is 40.0 Å². The van der Waals surface area contributed by atoms with Crippen molar-refractivity contribution in [3.05, 3.63) is 71.5 Å². The molecular formula is C57H75N8O9+. The number of nitrogens with one attached hydrogen (secondary N) is 2. The van der Waals surface area contributed by atoms with E-state index in [1.807, 2.05) is 39.0 Å². The lowest BCUT2D eigenvalue weighted by atomic mass is 9.84. The van der Waals surface area contributed by atoms with E-state index in [0.717, 1.165) is 52.1 Å². The monoisotopic (exact) mass is 1020 g/mol. The zero-order valence-corrected chi connectivity index (χ0v) is 44.7. The molecule has 17 nitrogen and oxygen atoms in total. The molecule has 74 heavy (non-hydrogen) atoms. The number of likely N-dealkylation sites (N-methyl/N-ethyl adjacent to an activating group) is 1. The molecule has 8 rings (SSSR count). The molecule has 0 radical (unpaired) electrons. The topological polar surface area (TPSA) is 185 Å². The average molecular weight is 1020 g/mol. The van der Waals surface area contributed by atoms with Crippen molar-refractivity contribution in [2.75, 3.05) is 80.3 Å². The van der Waals surface area contributed by atoms with Gasteiger partial charge in [0.2, 0.25) is 0 Å². The molecule has 0 saturated carbocycles. The van der Waals surface area contributed by atoms with Crippen LogP contribution in [-0.2, 0) is 57.6 Å². The van der Waals surface area contributed by atoms with Gasteiger partial charge in [0.05, 0.1) is 63.9 Å². The number of methoxy groups -OCH3 is 1. The summed E-state index contributed by atoms with van der Waals surface area (Å²) in [6.45, 7) is 16.9. The Labute approximate surface area is 435 Å². The smallest absolute Gasteiger partial charge is 0.324 e. The number of amides is 4. The number of rotatable bonds is 10. The molecule has 2 aromatic carbocycles. The number of carbonyl (C=O) groups excluding carboxylic acids is 5. The SMILES string of the molecule is CCn1c(-c2cccnc2[C@H](C)OC)c2c3cc(ccc31)-c1cc(O)cc(c1)CC(NC(=O)[C@H](C(C)C)[N+](C)(C)C(=O)[C@H]1CCN(C(=O)C#CCN3CCOCC3)C1)C(=O)N1CCC[C@H](N1)C(=O)OCC(C)(C)C2. The molecule has 4 aromatic rings. The van der Waals surface area contributed by atoms with Crippen molar-refractivity contribution in [3.63, 3.8) is 0 Å². The van der Waals surface area contributed by atoms with Crippen molar-refractivity contribution in [1.29, 1.82) is 0 Å². The highest BCUT2D eigenvalue weighted by Crippen LogP contribution is 2.42. The summed E-state index contributed by atoms with van der Waals surface area (Å²) in [6.07, 6.45) is 3.38. The minimum atomic E-state index is -1.18. The fraction of sp³-hybridized carbons (Fsp3) is 0.544. The van der Waals surface area contributed by atoms with E-state index in [4.69, 9.17) is 19.2 Å². The van der Waals surface area contributed by atoms with Crippen LogP contribution in [0.5, 0.6) is 5.75 Å². The zero-order valence-electron chi connectivity index (χ0n) is 44.7. The first-order valence-electron chi connectivity index (χ1n) is 26.3. The number of aryl methyl sites for hydroxylation is 1. The molecule has 3 saturated heterocycles. The van der Waals surface area contributed by atoms with Crippen LogP contribution in [0.4, 0.5) is 0 Å². The number of nitrogens with zero attached hydrogens (tertiary/aromatic N) is 6. The predicted octanol–water partition coefficient (Wildman–Crippen LogP) is 5.26. The van der Waals surface area contributed by atoms with Crippen LogP contribution >= 0.6 is 0 Å². The Morgan fingerprint density at radius 2 is 1.78 bits per heavy atom. The van der Waals surface area contributed by atoms with Crippen LogP contribution < -0.4 is 10.7 Å². The maximum Gasteiger partial charge on any atom is 0.324 e. The third kappa shape index (κ3) is 11.7. The van der Waals surface area contributed by atoms with Crippen molar-refractivity contribution in [1.82, 2.24) is 35.1 Å². The number of likely N-dealkylation sites (tertiary alicyclic amines) is 1. The molecule has 396 valence electrons. The second kappa shape index (κ2) is 22.8. The van der Waals surface area contributed by atoms with Crippen LogP contribution in [0.15, 0.2) is 54.7 Å². The number of esters is 1. The van der Waals surface area contributed by atoms with Crippen molar-refractivity contribution in [2.24, 2.45) is 17.3 Å². The van der Waals surface area contributed by atoms with Crippen LogP contribution in [-0.4, -0.2) is 162 Å². The Hall–Kier alpha value is -6.16. The number of hydrazine groups is 1. The Morgan fingerprint density at radius 1 is 1.01 bits per heavy atom. The third-order valence-electron chi connectivity index (χ3n) is 15.3. The molecule has 5 atom stereocenters. The van der Waals surface area contributed by atoms with Gasteiger partial charge in [-0.2, -0.15) is 0 Å². The number of pyridine rings is 1. The number of phenolic OH excluding ortho intramolecular Hbond substituents is 1. The number of fused-ring (bicyclic) bond motifs is 6. The van der Waals surface area contributed by atoms with E-state index in [0.29, 0.717) is 69.7 Å².